The molecule has 0 spiro atoms. The van der Waals surface area contributed by atoms with Crippen LogP contribution < -0.4 is 5.84 Å². The van der Waals surface area contributed by atoms with Crippen LogP contribution in [0.15, 0.2) is 17.4 Å². The lowest BCUT2D eigenvalue weighted by molar-refractivity contribution is 0.428. The van der Waals surface area contributed by atoms with Crippen LogP contribution in [0.4, 0.5) is 0 Å². The molecule has 15 heavy (non-hydrogen) atoms. The van der Waals surface area contributed by atoms with Crippen molar-refractivity contribution in [3.63, 3.8) is 0 Å². The molecule has 0 aliphatic carbocycles. The van der Waals surface area contributed by atoms with Gasteiger partial charge in [-0.2, -0.15) is 5.10 Å². The molecule has 0 bridgehead atoms. The molecule has 80 valence electrons. The van der Waals surface area contributed by atoms with E-state index in [1.54, 1.807) is 0 Å². The molecule has 0 fully saturated rings. The molecule has 0 radical (unpaired) electrons. The van der Waals surface area contributed by atoms with Gasteiger partial charge in [-0.1, -0.05) is 13.0 Å². The average molecular weight is 204 g/mol. The van der Waals surface area contributed by atoms with Gasteiger partial charge in [-0.25, -0.2) is 0 Å². The molecule has 4 nitrogen and oxygen atoms in total. The second-order valence-electron chi connectivity index (χ2n) is 3.89. The van der Waals surface area contributed by atoms with Crippen molar-refractivity contribution in [3.05, 3.63) is 29.1 Å². The number of pyridine rings is 1. The fraction of sp³-hybridized carbons (Fsp3) is 0.455. The molecule has 0 aromatic carbocycles. The summed E-state index contributed by atoms with van der Waals surface area (Å²) in [6.45, 7) is 6.06. The fourth-order valence-corrected chi connectivity index (χ4v) is 1.98. The quantitative estimate of drug-likeness (QED) is 0.582. The maximum absolute atomic E-state index is 5.41. The predicted molar refractivity (Wildman–Crippen MR) is 60.4 cm³/mol. The van der Waals surface area contributed by atoms with Crippen LogP contribution in [-0.2, 0) is 6.54 Å². The van der Waals surface area contributed by atoms with Gasteiger partial charge >= 0.3 is 0 Å². The molecular formula is C11H16N4. The summed E-state index contributed by atoms with van der Waals surface area (Å²) in [6.07, 6.45) is 2.95. The number of rotatable bonds is 2. The SMILES string of the molecule is CCCN1Cc2cc(C)cnc2/C1=N/N. The third kappa shape index (κ3) is 1.67. The monoisotopic (exact) mass is 204 g/mol. The molecule has 0 saturated heterocycles. The summed E-state index contributed by atoms with van der Waals surface area (Å²) < 4.78 is 0. The van der Waals surface area contributed by atoms with E-state index in [9.17, 15) is 0 Å². The van der Waals surface area contributed by atoms with Crippen LogP contribution in [0.25, 0.3) is 0 Å². The molecule has 1 aromatic rings. The lowest BCUT2D eigenvalue weighted by Gasteiger charge is -2.16. The van der Waals surface area contributed by atoms with Gasteiger partial charge in [0.1, 0.15) is 5.69 Å². The second kappa shape index (κ2) is 3.88. The Morgan fingerprint density at radius 1 is 1.60 bits per heavy atom. The molecule has 0 atom stereocenters. The Bertz CT molecular complexity index is 398. The number of aromatic nitrogens is 1. The number of nitrogens with zero attached hydrogens (tertiary/aromatic N) is 3. The van der Waals surface area contributed by atoms with Crippen molar-refractivity contribution in [1.29, 1.82) is 0 Å². The number of fused-ring (bicyclic) bond motifs is 1. The predicted octanol–water partition coefficient (Wildman–Crippen LogP) is 1.24. The number of hydrogen-bond acceptors (Lipinski definition) is 3. The molecule has 1 aliphatic rings. The standard InChI is InChI=1S/C11H16N4/c1-3-4-15-7-9-5-8(2)6-13-10(9)11(15)14-12/h5-6H,3-4,7,12H2,1-2H3/b14-11-. The lowest BCUT2D eigenvalue weighted by atomic mass is 10.2. The minimum absolute atomic E-state index is 0.826. The van der Waals surface area contributed by atoms with E-state index in [2.05, 4.69) is 34.9 Å². The average Bonchev–Trinajstić information content (AvgIpc) is 2.54. The summed E-state index contributed by atoms with van der Waals surface area (Å²) in [7, 11) is 0. The van der Waals surface area contributed by atoms with E-state index >= 15 is 0 Å². The second-order valence-corrected chi connectivity index (χ2v) is 3.89. The highest BCUT2D eigenvalue weighted by atomic mass is 15.3. The molecule has 1 aliphatic heterocycles. The molecule has 0 unspecified atom stereocenters. The third-order valence-corrected chi connectivity index (χ3v) is 2.59. The van der Waals surface area contributed by atoms with Gasteiger partial charge in [-0.3, -0.25) is 4.98 Å². The minimum atomic E-state index is 0.826. The Morgan fingerprint density at radius 3 is 3.07 bits per heavy atom. The van der Waals surface area contributed by atoms with Gasteiger partial charge < -0.3 is 10.7 Å². The first-order valence-electron chi connectivity index (χ1n) is 5.25. The molecule has 4 heteroatoms. The van der Waals surface area contributed by atoms with E-state index < -0.39 is 0 Å². The Labute approximate surface area is 89.8 Å². The maximum Gasteiger partial charge on any atom is 0.174 e. The van der Waals surface area contributed by atoms with E-state index in [-0.39, 0.29) is 0 Å². The fourth-order valence-electron chi connectivity index (χ4n) is 1.98. The van der Waals surface area contributed by atoms with E-state index in [1.165, 1.54) is 11.1 Å². The lowest BCUT2D eigenvalue weighted by Crippen LogP contribution is -2.26. The van der Waals surface area contributed by atoms with Crippen LogP contribution in [0.5, 0.6) is 0 Å². The van der Waals surface area contributed by atoms with Crippen molar-refractivity contribution in [2.75, 3.05) is 6.54 Å². The Kier molecular flexibility index (Phi) is 2.58. The van der Waals surface area contributed by atoms with Crippen LogP contribution in [0, 0.1) is 6.92 Å². The zero-order valence-electron chi connectivity index (χ0n) is 9.20. The first-order valence-corrected chi connectivity index (χ1v) is 5.25. The smallest absolute Gasteiger partial charge is 0.174 e. The Morgan fingerprint density at radius 2 is 2.40 bits per heavy atom. The van der Waals surface area contributed by atoms with Crippen molar-refractivity contribution in [2.24, 2.45) is 10.9 Å². The van der Waals surface area contributed by atoms with Gasteiger partial charge in [0.2, 0.25) is 0 Å². The van der Waals surface area contributed by atoms with Crippen molar-refractivity contribution < 1.29 is 0 Å². The molecule has 0 saturated carbocycles. The first kappa shape index (κ1) is 9.96. The van der Waals surface area contributed by atoms with Crippen LogP contribution in [-0.4, -0.2) is 22.3 Å². The van der Waals surface area contributed by atoms with Gasteiger partial charge in [-0.05, 0) is 18.9 Å². The van der Waals surface area contributed by atoms with E-state index in [0.29, 0.717) is 0 Å². The van der Waals surface area contributed by atoms with E-state index in [0.717, 1.165) is 31.0 Å². The van der Waals surface area contributed by atoms with Gasteiger partial charge in [0.05, 0.1) is 0 Å². The highest BCUT2D eigenvalue weighted by molar-refractivity contribution is 6.00. The highest BCUT2D eigenvalue weighted by Crippen LogP contribution is 2.22. The third-order valence-electron chi connectivity index (χ3n) is 2.59. The summed E-state index contributed by atoms with van der Waals surface area (Å²) in [4.78, 5) is 6.57. The number of aryl methyl sites for hydroxylation is 1. The number of amidine groups is 1. The summed E-state index contributed by atoms with van der Waals surface area (Å²) in [5.74, 6) is 6.24. The zero-order chi connectivity index (χ0) is 10.8. The summed E-state index contributed by atoms with van der Waals surface area (Å²) in [6, 6.07) is 2.16. The summed E-state index contributed by atoms with van der Waals surface area (Å²) in [5, 5.41) is 3.84. The molecule has 2 heterocycles. The Hall–Kier alpha value is -1.58. The summed E-state index contributed by atoms with van der Waals surface area (Å²) >= 11 is 0. The topological polar surface area (TPSA) is 54.5 Å². The van der Waals surface area contributed by atoms with Crippen LogP contribution in [0.1, 0.15) is 30.2 Å². The largest absolute Gasteiger partial charge is 0.349 e. The molecular weight excluding hydrogens is 188 g/mol. The Balaban J connectivity index is 2.37. The van der Waals surface area contributed by atoms with Crippen molar-refractivity contribution in [3.8, 4) is 0 Å². The summed E-state index contributed by atoms with van der Waals surface area (Å²) in [5.41, 5.74) is 3.35. The molecule has 2 N–H and O–H groups in total. The van der Waals surface area contributed by atoms with Gasteiger partial charge in [0.25, 0.3) is 0 Å². The van der Waals surface area contributed by atoms with E-state index in [1.807, 2.05) is 6.20 Å². The van der Waals surface area contributed by atoms with Gasteiger partial charge in [-0.15, -0.1) is 0 Å². The van der Waals surface area contributed by atoms with Gasteiger partial charge in [0, 0.05) is 24.8 Å². The first-order chi connectivity index (χ1) is 7.26. The van der Waals surface area contributed by atoms with Crippen molar-refractivity contribution in [2.45, 2.75) is 26.8 Å². The number of nitrogens with two attached hydrogens (primary N) is 1. The number of hydrazone groups is 1. The molecule has 1 aromatic heterocycles. The van der Waals surface area contributed by atoms with E-state index in [4.69, 9.17) is 5.84 Å². The van der Waals surface area contributed by atoms with Crippen LogP contribution >= 0.6 is 0 Å². The maximum atomic E-state index is 5.41. The zero-order valence-corrected chi connectivity index (χ0v) is 9.20. The normalized spacial score (nSPS) is 17.2. The molecule has 2 rings (SSSR count). The van der Waals surface area contributed by atoms with Gasteiger partial charge in [0.15, 0.2) is 5.84 Å². The van der Waals surface area contributed by atoms with Crippen LogP contribution in [0.3, 0.4) is 0 Å². The van der Waals surface area contributed by atoms with Crippen molar-refractivity contribution >= 4 is 5.84 Å². The van der Waals surface area contributed by atoms with Crippen LogP contribution in [0.2, 0.25) is 0 Å². The number of hydrogen-bond donors (Lipinski definition) is 1. The minimum Gasteiger partial charge on any atom is -0.349 e. The molecule has 0 amide bonds. The van der Waals surface area contributed by atoms with Crippen molar-refractivity contribution in [1.82, 2.24) is 9.88 Å². The highest BCUT2D eigenvalue weighted by Gasteiger charge is 2.25.